The number of pyridine rings is 1. The molecule has 1 saturated carbocycles. The highest BCUT2D eigenvalue weighted by Gasteiger charge is 2.20. The zero-order valence-corrected chi connectivity index (χ0v) is 11.9. The van der Waals surface area contributed by atoms with E-state index in [9.17, 15) is 0 Å². The lowest BCUT2D eigenvalue weighted by molar-refractivity contribution is 0.580. The van der Waals surface area contributed by atoms with Crippen molar-refractivity contribution in [2.75, 3.05) is 0 Å². The average Bonchev–Trinajstić information content (AvgIpc) is 3.04. The number of aromatic nitrogens is 3. The molecule has 2 aromatic heterocycles. The second-order valence-electron chi connectivity index (χ2n) is 4.69. The number of aromatic amines is 1. The Labute approximate surface area is 113 Å². The molecule has 1 fully saturated rings. The van der Waals surface area contributed by atoms with Crippen molar-refractivity contribution in [2.24, 2.45) is 5.92 Å². The van der Waals surface area contributed by atoms with E-state index in [1.807, 2.05) is 12.3 Å². The van der Waals surface area contributed by atoms with E-state index in [1.54, 1.807) is 0 Å². The summed E-state index contributed by atoms with van der Waals surface area (Å²) in [5.74, 6) is 0.983. The van der Waals surface area contributed by atoms with Crippen molar-refractivity contribution < 1.29 is 0 Å². The summed E-state index contributed by atoms with van der Waals surface area (Å²) in [6.45, 7) is 0.976. The van der Waals surface area contributed by atoms with Gasteiger partial charge in [-0.25, -0.2) is 4.98 Å². The Kier molecular flexibility index (Phi) is 3.04. The lowest BCUT2D eigenvalue weighted by Crippen LogP contribution is -1.99. The van der Waals surface area contributed by atoms with Crippen molar-refractivity contribution in [3.8, 4) is 0 Å². The predicted octanol–water partition coefficient (Wildman–Crippen LogP) is 4.05. The van der Waals surface area contributed by atoms with E-state index in [4.69, 9.17) is 12.2 Å². The molecular formula is C12H14BrN3S. The van der Waals surface area contributed by atoms with E-state index in [1.165, 1.54) is 25.7 Å². The van der Waals surface area contributed by atoms with Crippen LogP contribution in [0.4, 0.5) is 0 Å². The van der Waals surface area contributed by atoms with Crippen LogP contribution in [0.1, 0.15) is 25.7 Å². The van der Waals surface area contributed by atoms with Gasteiger partial charge in [0.2, 0.25) is 0 Å². The van der Waals surface area contributed by atoms with Crippen molar-refractivity contribution in [1.82, 2.24) is 14.5 Å². The van der Waals surface area contributed by atoms with Gasteiger partial charge in [-0.15, -0.1) is 0 Å². The number of hydrogen-bond donors (Lipinski definition) is 1. The Morgan fingerprint density at radius 2 is 2.35 bits per heavy atom. The minimum Gasteiger partial charge on any atom is -0.329 e. The zero-order chi connectivity index (χ0) is 11.8. The summed E-state index contributed by atoms with van der Waals surface area (Å²) in [7, 11) is 0. The van der Waals surface area contributed by atoms with E-state index >= 15 is 0 Å². The van der Waals surface area contributed by atoms with Crippen LogP contribution in [0.3, 0.4) is 0 Å². The second-order valence-corrected chi connectivity index (χ2v) is 5.99. The third-order valence-electron chi connectivity index (χ3n) is 3.27. The zero-order valence-electron chi connectivity index (χ0n) is 9.45. The summed E-state index contributed by atoms with van der Waals surface area (Å²) in [6, 6.07) is 2.02. The van der Waals surface area contributed by atoms with Crippen molar-refractivity contribution in [3.05, 3.63) is 21.5 Å². The van der Waals surface area contributed by atoms with Gasteiger partial charge < -0.3 is 9.55 Å². The summed E-state index contributed by atoms with van der Waals surface area (Å²) < 4.78 is 3.87. The number of imidazole rings is 1. The lowest BCUT2D eigenvalue weighted by Gasteiger charge is -2.03. The van der Waals surface area contributed by atoms with Crippen LogP contribution in [0.5, 0.6) is 0 Å². The second kappa shape index (κ2) is 4.53. The minimum atomic E-state index is 0.779. The van der Waals surface area contributed by atoms with Crippen molar-refractivity contribution in [2.45, 2.75) is 32.2 Å². The highest BCUT2D eigenvalue weighted by Crippen LogP contribution is 2.33. The van der Waals surface area contributed by atoms with Crippen molar-refractivity contribution in [3.63, 3.8) is 0 Å². The van der Waals surface area contributed by atoms with Crippen LogP contribution < -0.4 is 0 Å². The van der Waals surface area contributed by atoms with Crippen LogP contribution in [0, 0.1) is 10.7 Å². The molecule has 0 atom stereocenters. The molecule has 0 spiro atoms. The van der Waals surface area contributed by atoms with Gasteiger partial charge in [0.25, 0.3) is 0 Å². The largest absolute Gasteiger partial charge is 0.329 e. The Morgan fingerprint density at radius 3 is 3.12 bits per heavy atom. The first-order chi connectivity index (χ1) is 8.24. The first-order valence-corrected chi connectivity index (χ1v) is 7.18. The fraction of sp³-hybridized carbons (Fsp3) is 0.500. The summed E-state index contributed by atoms with van der Waals surface area (Å²) in [5.41, 5.74) is 1.98. The number of rotatable bonds is 4. The fourth-order valence-corrected chi connectivity index (χ4v) is 2.79. The quantitative estimate of drug-likeness (QED) is 0.864. The molecule has 0 aliphatic heterocycles. The van der Waals surface area contributed by atoms with Crippen LogP contribution in [-0.4, -0.2) is 14.5 Å². The number of nitrogens with one attached hydrogen (secondary N) is 1. The molecular weight excluding hydrogens is 298 g/mol. The summed E-state index contributed by atoms with van der Waals surface area (Å²) in [5, 5.41) is 0. The van der Waals surface area contributed by atoms with E-state index in [0.717, 1.165) is 32.9 Å². The first-order valence-electron chi connectivity index (χ1n) is 5.98. The third-order valence-corrected chi connectivity index (χ3v) is 4.02. The molecule has 0 amide bonds. The smallest absolute Gasteiger partial charge is 0.179 e. The molecule has 0 radical (unpaired) electrons. The van der Waals surface area contributed by atoms with Gasteiger partial charge >= 0.3 is 0 Å². The van der Waals surface area contributed by atoms with Gasteiger partial charge in [-0.1, -0.05) is 12.8 Å². The van der Waals surface area contributed by atoms with Crippen LogP contribution in [-0.2, 0) is 6.54 Å². The molecule has 90 valence electrons. The van der Waals surface area contributed by atoms with Crippen LogP contribution in [0.25, 0.3) is 11.2 Å². The van der Waals surface area contributed by atoms with E-state index in [-0.39, 0.29) is 0 Å². The number of nitrogens with zero attached hydrogens (tertiary/aromatic N) is 2. The lowest BCUT2D eigenvalue weighted by atomic mass is 10.2. The molecule has 5 heteroatoms. The maximum absolute atomic E-state index is 5.34. The molecule has 0 aromatic carbocycles. The molecule has 17 heavy (non-hydrogen) atoms. The maximum Gasteiger partial charge on any atom is 0.179 e. The molecule has 3 rings (SSSR count). The molecule has 0 unspecified atom stereocenters. The summed E-state index contributed by atoms with van der Waals surface area (Å²) >= 11 is 8.76. The van der Waals surface area contributed by atoms with Gasteiger partial charge in [0.15, 0.2) is 10.4 Å². The number of hydrogen-bond acceptors (Lipinski definition) is 2. The molecule has 0 saturated heterocycles. The third kappa shape index (κ3) is 2.45. The van der Waals surface area contributed by atoms with E-state index in [2.05, 4.69) is 30.5 Å². The number of fused-ring (bicyclic) bond motifs is 1. The minimum absolute atomic E-state index is 0.779. The van der Waals surface area contributed by atoms with Gasteiger partial charge in [-0.3, -0.25) is 0 Å². The Balaban J connectivity index is 1.86. The van der Waals surface area contributed by atoms with E-state index < -0.39 is 0 Å². The molecule has 1 aliphatic rings. The van der Waals surface area contributed by atoms with Crippen molar-refractivity contribution >= 4 is 39.3 Å². The van der Waals surface area contributed by atoms with Gasteiger partial charge in [0.05, 0.1) is 5.52 Å². The molecule has 3 nitrogen and oxygen atoms in total. The van der Waals surface area contributed by atoms with Crippen LogP contribution >= 0.6 is 28.1 Å². The number of aryl methyl sites for hydroxylation is 1. The molecule has 0 bridgehead atoms. The standard InChI is InChI=1S/C12H14BrN3S/c13-9-6-10-11(14-7-9)16(12(17)15-10)5-1-2-8-3-4-8/h6-8H,1-5H2,(H,15,17). The SMILES string of the molecule is S=c1[nH]c2cc(Br)cnc2n1CCCC1CC1. The first kappa shape index (κ1) is 11.4. The van der Waals surface area contributed by atoms with Gasteiger partial charge in [-0.05, 0) is 53.0 Å². The topological polar surface area (TPSA) is 33.6 Å². The number of halogens is 1. The highest BCUT2D eigenvalue weighted by atomic mass is 79.9. The van der Waals surface area contributed by atoms with E-state index in [0.29, 0.717) is 0 Å². The fourth-order valence-electron chi connectivity index (χ4n) is 2.17. The normalized spacial score (nSPS) is 15.6. The summed E-state index contributed by atoms with van der Waals surface area (Å²) in [6.07, 6.45) is 7.19. The van der Waals surface area contributed by atoms with Crippen LogP contribution in [0.15, 0.2) is 16.7 Å². The Hall–Kier alpha value is -0.680. The summed E-state index contributed by atoms with van der Waals surface area (Å²) in [4.78, 5) is 7.64. The molecule has 2 aromatic rings. The highest BCUT2D eigenvalue weighted by molar-refractivity contribution is 9.10. The van der Waals surface area contributed by atoms with Gasteiger partial charge in [-0.2, -0.15) is 0 Å². The average molecular weight is 312 g/mol. The number of H-pyrrole nitrogens is 1. The Bertz CT molecular complexity index is 597. The monoisotopic (exact) mass is 311 g/mol. The molecule has 2 heterocycles. The van der Waals surface area contributed by atoms with Crippen molar-refractivity contribution in [1.29, 1.82) is 0 Å². The molecule has 1 N–H and O–H groups in total. The maximum atomic E-state index is 5.34. The Morgan fingerprint density at radius 1 is 1.53 bits per heavy atom. The van der Waals surface area contributed by atoms with Gasteiger partial charge in [0.1, 0.15) is 0 Å². The van der Waals surface area contributed by atoms with Gasteiger partial charge in [0, 0.05) is 17.2 Å². The van der Waals surface area contributed by atoms with Crippen LogP contribution in [0.2, 0.25) is 0 Å². The molecule has 1 aliphatic carbocycles. The predicted molar refractivity (Wildman–Crippen MR) is 74.6 cm³/mol.